The number of carboxylic acid groups (broad SMARTS) is 1. The quantitative estimate of drug-likeness (QED) is 0.537. The number of allylic oxidation sites excluding steroid dienone is 4. The van der Waals surface area contributed by atoms with E-state index in [9.17, 15) is 4.79 Å². The van der Waals surface area contributed by atoms with Crippen LogP contribution < -0.4 is 0 Å². The third-order valence-corrected chi connectivity index (χ3v) is 1.14. The molecule has 0 bridgehead atoms. The second-order valence-corrected chi connectivity index (χ2v) is 1.93. The van der Waals surface area contributed by atoms with Gasteiger partial charge in [-0.15, -0.1) is 0 Å². The molecule has 0 amide bonds. The number of hydrogen-bond acceptors (Lipinski definition) is 1. The minimum atomic E-state index is -0.895. The average Bonchev–Trinajstić information content (AvgIpc) is 2.15. The SMILES string of the molecule is CC.C\C=C/C=C\C(=C/C)C(=O)O. The molecule has 13 heavy (non-hydrogen) atoms. The van der Waals surface area contributed by atoms with Gasteiger partial charge in [0.2, 0.25) is 0 Å². The number of aliphatic carboxylic acids is 1. The summed E-state index contributed by atoms with van der Waals surface area (Å²) in [5, 5.41) is 8.53. The van der Waals surface area contributed by atoms with Crippen molar-refractivity contribution in [3.63, 3.8) is 0 Å². The van der Waals surface area contributed by atoms with Crippen molar-refractivity contribution in [2.75, 3.05) is 0 Å². The molecule has 0 aliphatic carbocycles. The number of carboxylic acids is 1. The summed E-state index contributed by atoms with van der Waals surface area (Å²) >= 11 is 0. The molecular formula is C11H18O2. The molecule has 0 heterocycles. The van der Waals surface area contributed by atoms with Crippen molar-refractivity contribution in [3.8, 4) is 0 Å². The molecule has 0 unspecified atom stereocenters. The van der Waals surface area contributed by atoms with Crippen molar-refractivity contribution in [2.45, 2.75) is 27.7 Å². The van der Waals surface area contributed by atoms with Crippen molar-refractivity contribution in [1.82, 2.24) is 0 Å². The smallest absolute Gasteiger partial charge is 0.335 e. The van der Waals surface area contributed by atoms with E-state index < -0.39 is 5.97 Å². The van der Waals surface area contributed by atoms with E-state index in [0.29, 0.717) is 5.57 Å². The predicted octanol–water partition coefficient (Wildman–Crippen LogP) is 3.18. The summed E-state index contributed by atoms with van der Waals surface area (Å²) in [6.45, 7) is 7.57. The van der Waals surface area contributed by atoms with E-state index >= 15 is 0 Å². The third kappa shape index (κ3) is 8.60. The summed E-state index contributed by atoms with van der Waals surface area (Å²) in [6.07, 6.45) is 8.44. The molecule has 0 fully saturated rings. The Labute approximate surface area is 80.3 Å². The number of carbonyl (C=O) groups is 1. The molecule has 74 valence electrons. The lowest BCUT2D eigenvalue weighted by molar-refractivity contribution is -0.132. The topological polar surface area (TPSA) is 37.3 Å². The summed E-state index contributed by atoms with van der Waals surface area (Å²) in [5.41, 5.74) is 0.308. The maximum absolute atomic E-state index is 10.4. The lowest BCUT2D eigenvalue weighted by atomic mass is 10.2. The van der Waals surface area contributed by atoms with Gasteiger partial charge in [0.15, 0.2) is 0 Å². The van der Waals surface area contributed by atoms with Gasteiger partial charge in [-0.1, -0.05) is 38.2 Å². The lowest BCUT2D eigenvalue weighted by Crippen LogP contribution is -1.96. The van der Waals surface area contributed by atoms with Crippen LogP contribution >= 0.6 is 0 Å². The molecule has 0 saturated heterocycles. The molecule has 0 aliphatic rings. The molecule has 0 aliphatic heterocycles. The first-order valence-electron chi connectivity index (χ1n) is 4.41. The van der Waals surface area contributed by atoms with Crippen molar-refractivity contribution in [1.29, 1.82) is 0 Å². The van der Waals surface area contributed by atoms with Crippen molar-refractivity contribution in [2.24, 2.45) is 0 Å². The van der Waals surface area contributed by atoms with Crippen LogP contribution in [-0.4, -0.2) is 11.1 Å². The minimum absolute atomic E-state index is 0.308. The molecule has 0 aromatic heterocycles. The molecule has 1 N–H and O–H groups in total. The van der Waals surface area contributed by atoms with Crippen LogP contribution in [0.5, 0.6) is 0 Å². The molecule has 0 saturated carbocycles. The van der Waals surface area contributed by atoms with Crippen molar-refractivity contribution in [3.05, 3.63) is 36.0 Å². The van der Waals surface area contributed by atoms with Gasteiger partial charge in [-0.25, -0.2) is 4.79 Å². The lowest BCUT2D eigenvalue weighted by Gasteiger charge is -1.89. The first-order valence-corrected chi connectivity index (χ1v) is 4.41. The van der Waals surface area contributed by atoms with Crippen LogP contribution in [0.25, 0.3) is 0 Å². The maximum atomic E-state index is 10.4. The Morgan fingerprint density at radius 3 is 2.00 bits per heavy atom. The van der Waals surface area contributed by atoms with Gasteiger partial charge in [-0.05, 0) is 19.9 Å². The molecule has 0 radical (unpaired) electrons. The molecule has 0 aromatic carbocycles. The minimum Gasteiger partial charge on any atom is -0.478 e. The van der Waals surface area contributed by atoms with Crippen LogP contribution in [-0.2, 0) is 4.79 Å². The highest BCUT2D eigenvalue weighted by molar-refractivity contribution is 5.89. The summed E-state index contributed by atoms with van der Waals surface area (Å²) in [4.78, 5) is 10.4. The van der Waals surface area contributed by atoms with Crippen LogP contribution in [0, 0.1) is 0 Å². The van der Waals surface area contributed by atoms with E-state index in [4.69, 9.17) is 5.11 Å². The van der Waals surface area contributed by atoms with Gasteiger partial charge in [0, 0.05) is 0 Å². The van der Waals surface area contributed by atoms with E-state index in [2.05, 4.69) is 0 Å². The average molecular weight is 182 g/mol. The van der Waals surface area contributed by atoms with Gasteiger partial charge in [0.25, 0.3) is 0 Å². The van der Waals surface area contributed by atoms with Crippen molar-refractivity contribution < 1.29 is 9.90 Å². The molecule has 0 atom stereocenters. The largest absolute Gasteiger partial charge is 0.478 e. The zero-order valence-corrected chi connectivity index (χ0v) is 8.74. The van der Waals surface area contributed by atoms with Crippen LogP contribution in [0.3, 0.4) is 0 Å². The molecule has 2 nitrogen and oxygen atoms in total. The summed E-state index contributed by atoms with van der Waals surface area (Å²) < 4.78 is 0. The summed E-state index contributed by atoms with van der Waals surface area (Å²) in [6, 6.07) is 0. The van der Waals surface area contributed by atoms with Crippen LogP contribution in [0.15, 0.2) is 36.0 Å². The Morgan fingerprint density at radius 1 is 1.15 bits per heavy atom. The second kappa shape index (κ2) is 10.7. The van der Waals surface area contributed by atoms with E-state index in [1.165, 1.54) is 0 Å². The normalized spacial score (nSPS) is 11.5. The second-order valence-electron chi connectivity index (χ2n) is 1.93. The zero-order valence-electron chi connectivity index (χ0n) is 8.74. The molecule has 0 aromatic rings. The van der Waals surface area contributed by atoms with Gasteiger partial charge in [-0.3, -0.25) is 0 Å². The first kappa shape index (κ1) is 14.2. The van der Waals surface area contributed by atoms with Crippen LogP contribution in [0.2, 0.25) is 0 Å². The number of hydrogen-bond donors (Lipinski definition) is 1. The number of rotatable bonds is 3. The third-order valence-electron chi connectivity index (χ3n) is 1.14. The van der Waals surface area contributed by atoms with E-state index in [1.807, 2.05) is 26.8 Å². The molecule has 2 heteroatoms. The Balaban J connectivity index is 0. The van der Waals surface area contributed by atoms with Gasteiger partial charge in [0.05, 0.1) is 5.57 Å². The van der Waals surface area contributed by atoms with E-state index in [-0.39, 0.29) is 0 Å². The maximum Gasteiger partial charge on any atom is 0.335 e. The Kier molecular flexibility index (Phi) is 11.7. The fourth-order valence-corrected chi connectivity index (χ4v) is 0.561. The van der Waals surface area contributed by atoms with Gasteiger partial charge in [-0.2, -0.15) is 0 Å². The fraction of sp³-hybridized carbons (Fsp3) is 0.364. The van der Waals surface area contributed by atoms with Gasteiger partial charge < -0.3 is 5.11 Å². The van der Waals surface area contributed by atoms with Crippen LogP contribution in [0.1, 0.15) is 27.7 Å². The summed E-state index contributed by atoms with van der Waals surface area (Å²) in [5.74, 6) is -0.895. The van der Waals surface area contributed by atoms with Crippen molar-refractivity contribution >= 4 is 5.97 Å². The highest BCUT2D eigenvalue weighted by Gasteiger charge is 1.98. The zero-order chi connectivity index (χ0) is 10.7. The van der Waals surface area contributed by atoms with Gasteiger partial charge in [0.1, 0.15) is 0 Å². The van der Waals surface area contributed by atoms with Gasteiger partial charge >= 0.3 is 5.97 Å². The summed E-state index contributed by atoms with van der Waals surface area (Å²) in [7, 11) is 0. The van der Waals surface area contributed by atoms with E-state index in [1.54, 1.807) is 31.2 Å². The Bertz CT molecular complexity index is 210. The Hall–Kier alpha value is -1.31. The highest BCUT2D eigenvalue weighted by atomic mass is 16.4. The predicted molar refractivity (Wildman–Crippen MR) is 56.7 cm³/mol. The molecule has 0 rings (SSSR count). The fourth-order valence-electron chi connectivity index (χ4n) is 0.561. The first-order chi connectivity index (χ1) is 6.22. The van der Waals surface area contributed by atoms with E-state index in [0.717, 1.165) is 0 Å². The monoisotopic (exact) mass is 182 g/mol. The molecule has 0 spiro atoms. The standard InChI is InChI=1S/C9H12O2.C2H6/c1-3-5-6-7-8(4-2)9(10)11;1-2/h3-7H,1-2H3,(H,10,11);1-2H3/b5-3-,7-6-,8-4+;. The molecular weight excluding hydrogens is 164 g/mol. The van der Waals surface area contributed by atoms with Crippen LogP contribution in [0.4, 0.5) is 0 Å². The Morgan fingerprint density at radius 2 is 1.69 bits per heavy atom. The highest BCUT2D eigenvalue weighted by Crippen LogP contribution is 1.96.